The Labute approximate surface area is 102 Å². The number of nitrogens with two attached hydrogens (primary N) is 1. The molecule has 1 heteroatoms. The van der Waals surface area contributed by atoms with E-state index in [1.807, 2.05) is 0 Å². The van der Waals surface area contributed by atoms with Gasteiger partial charge in [0.2, 0.25) is 0 Å². The highest BCUT2D eigenvalue weighted by molar-refractivity contribution is 5.76. The van der Waals surface area contributed by atoms with Crippen LogP contribution in [0.3, 0.4) is 0 Å². The van der Waals surface area contributed by atoms with E-state index in [0.29, 0.717) is 0 Å². The summed E-state index contributed by atoms with van der Waals surface area (Å²) in [4.78, 5) is 0. The third-order valence-corrected chi connectivity index (χ3v) is 3.69. The van der Waals surface area contributed by atoms with E-state index in [2.05, 4.69) is 49.4 Å². The standard InChI is InChI=1S/C16H17N/c1-2-16(17)12-7-8-15-13(10-12)9-11-5-3-4-6-14(11)15/h3-8,10,16H,2,9,17H2,1H3/t16-/m0/s1. The average molecular weight is 223 g/mol. The Kier molecular flexibility index (Phi) is 2.49. The number of rotatable bonds is 2. The largest absolute Gasteiger partial charge is 0.324 e. The van der Waals surface area contributed by atoms with Gasteiger partial charge in [-0.15, -0.1) is 0 Å². The van der Waals surface area contributed by atoms with Crippen LogP contribution in [0, 0.1) is 0 Å². The molecular weight excluding hydrogens is 206 g/mol. The highest BCUT2D eigenvalue weighted by Crippen LogP contribution is 2.37. The Bertz CT molecular complexity index is 557. The summed E-state index contributed by atoms with van der Waals surface area (Å²) in [7, 11) is 0. The predicted octanol–water partition coefficient (Wildman–Crippen LogP) is 3.67. The highest BCUT2D eigenvalue weighted by atomic mass is 14.6. The molecule has 0 saturated heterocycles. The minimum Gasteiger partial charge on any atom is -0.324 e. The van der Waals surface area contributed by atoms with Crippen molar-refractivity contribution in [3.8, 4) is 11.1 Å². The number of hydrogen-bond donors (Lipinski definition) is 1. The lowest BCUT2D eigenvalue weighted by Gasteiger charge is -2.11. The smallest absolute Gasteiger partial charge is 0.0292 e. The van der Waals surface area contributed by atoms with Crippen LogP contribution in [0.25, 0.3) is 11.1 Å². The summed E-state index contributed by atoms with van der Waals surface area (Å²) in [6, 6.07) is 15.5. The van der Waals surface area contributed by atoms with Crippen LogP contribution in [0.1, 0.15) is 36.1 Å². The van der Waals surface area contributed by atoms with Crippen molar-refractivity contribution in [3.63, 3.8) is 0 Å². The molecule has 0 unspecified atom stereocenters. The van der Waals surface area contributed by atoms with Crippen molar-refractivity contribution in [3.05, 3.63) is 59.2 Å². The van der Waals surface area contributed by atoms with Crippen molar-refractivity contribution in [2.75, 3.05) is 0 Å². The van der Waals surface area contributed by atoms with Crippen LogP contribution in [-0.2, 0) is 6.42 Å². The molecule has 1 aliphatic carbocycles. The topological polar surface area (TPSA) is 26.0 Å². The van der Waals surface area contributed by atoms with Gasteiger partial charge in [0.05, 0.1) is 0 Å². The van der Waals surface area contributed by atoms with Gasteiger partial charge in [-0.3, -0.25) is 0 Å². The molecule has 2 aromatic rings. The van der Waals surface area contributed by atoms with Gasteiger partial charge < -0.3 is 5.73 Å². The zero-order chi connectivity index (χ0) is 11.8. The van der Waals surface area contributed by atoms with Crippen LogP contribution in [0.2, 0.25) is 0 Å². The third kappa shape index (κ3) is 1.67. The van der Waals surface area contributed by atoms with Crippen LogP contribution in [-0.4, -0.2) is 0 Å². The Morgan fingerprint density at radius 2 is 1.82 bits per heavy atom. The Morgan fingerprint density at radius 1 is 1.06 bits per heavy atom. The fourth-order valence-corrected chi connectivity index (χ4v) is 2.63. The van der Waals surface area contributed by atoms with Crippen LogP contribution in [0.5, 0.6) is 0 Å². The van der Waals surface area contributed by atoms with Gasteiger partial charge in [-0.25, -0.2) is 0 Å². The molecule has 0 fully saturated rings. The van der Waals surface area contributed by atoms with E-state index in [0.717, 1.165) is 12.8 Å². The summed E-state index contributed by atoms with van der Waals surface area (Å²) in [5.74, 6) is 0. The van der Waals surface area contributed by atoms with Gasteiger partial charge in [-0.1, -0.05) is 49.4 Å². The number of hydrogen-bond acceptors (Lipinski definition) is 1. The first kappa shape index (κ1) is 10.5. The molecule has 0 aliphatic heterocycles. The summed E-state index contributed by atoms with van der Waals surface area (Å²) in [6.07, 6.45) is 2.04. The number of benzene rings is 2. The minimum absolute atomic E-state index is 0.170. The zero-order valence-electron chi connectivity index (χ0n) is 10.1. The predicted molar refractivity (Wildman–Crippen MR) is 71.9 cm³/mol. The van der Waals surface area contributed by atoms with E-state index in [4.69, 9.17) is 5.73 Å². The summed E-state index contributed by atoms with van der Waals surface area (Å²) in [5.41, 5.74) is 13.0. The summed E-state index contributed by atoms with van der Waals surface area (Å²) in [6.45, 7) is 2.13. The van der Waals surface area contributed by atoms with Crippen LogP contribution < -0.4 is 5.73 Å². The molecule has 0 bridgehead atoms. The lowest BCUT2D eigenvalue weighted by atomic mass is 9.99. The summed E-state index contributed by atoms with van der Waals surface area (Å²) >= 11 is 0. The molecular formula is C16H17N. The van der Waals surface area contributed by atoms with E-state index in [9.17, 15) is 0 Å². The molecule has 1 atom stereocenters. The molecule has 1 nitrogen and oxygen atoms in total. The van der Waals surface area contributed by atoms with Gasteiger partial charge >= 0.3 is 0 Å². The SMILES string of the molecule is CC[C@H](N)c1ccc2c(c1)Cc1ccccc1-2. The molecule has 0 heterocycles. The molecule has 3 rings (SSSR count). The van der Waals surface area contributed by atoms with E-state index < -0.39 is 0 Å². The van der Waals surface area contributed by atoms with Crippen molar-refractivity contribution >= 4 is 0 Å². The minimum atomic E-state index is 0.170. The van der Waals surface area contributed by atoms with Gasteiger partial charge in [0.15, 0.2) is 0 Å². The molecule has 2 aromatic carbocycles. The zero-order valence-corrected chi connectivity index (χ0v) is 10.1. The monoisotopic (exact) mass is 223 g/mol. The van der Waals surface area contributed by atoms with Crippen molar-refractivity contribution in [1.82, 2.24) is 0 Å². The molecule has 1 aliphatic rings. The quantitative estimate of drug-likeness (QED) is 0.705. The second-order valence-electron chi connectivity index (χ2n) is 4.77. The Morgan fingerprint density at radius 3 is 2.65 bits per heavy atom. The highest BCUT2D eigenvalue weighted by Gasteiger charge is 2.18. The van der Waals surface area contributed by atoms with Crippen LogP contribution >= 0.6 is 0 Å². The van der Waals surface area contributed by atoms with Crippen molar-refractivity contribution < 1.29 is 0 Å². The molecule has 0 radical (unpaired) electrons. The second-order valence-corrected chi connectivity index (χ2v) is 4.77. The third-order valence-electron chi connectivity index (χ3n) is 3.69. The Balaban J connectivity index is 2.07. The van der Waals surface area contributed by atoms with Gasteiger partial charge in [0.25, 0.3) is 0 Å². The summed E-state index contributed by atoms with van der Waals surface area (Å²) in [5, 5.41) is 0. The lowest BCUT2D eigenvalue weighted by Crippen LogP contribution is -2.08. The van der Waals surface area contributed by atoms with E-state index in [1.165, 1.54) is 27.8 Å². The Hall–Kier alpha value is -1.60. The molecule has 17 heavy (non-hydrogen) atoms. The number of fused-ring (bicyclic) bond motifs is 3. The van der Waals surface area contributed by atoms with Crippen molar-refractivity contribution in [1.29, 1.82) is 0 Å². The molecule has 0 saturated carbocycles. The van der Waals surface area contributed by atoms with Crippen LogP contribution in [0.4, 0.5) is 0 Å². The van der Waals surface area contributed by atoms with Crippen molar-refractivity contribution in [2.24, 2.45) is 5.73 Å². The first-order chi connectivity index (χ1) is 8.29. The maximum absolute atomic E-state index is 6.09. The van der Waals surface area contributed by atoms with E-state index in [1.54, 1.807) is 0 Å². The van der Waals surface area contributed by atoms with Gasteiger partial charge in [-0.05, 0) is 40.7 Å². The molecule has 0 aromatic heterocycles. The maximum Gasteiger partial charge on any atom is 0.0292 e. The molecule has 0 spiro atoms. The molecule has 86 valence electrons. The maximum atomic E-state index is 6.09. The lowest BCUT2D eigenvalue weighted by molar-refractivity contribution is 0.698. The first-order valence-electron chi connectivity index (χ1n) is 6.26. The normalized spacial score (nSPS) is 14.2. The van der Waals surface area contributed by atoms with Crippen LogP contribution in [0.15, 0.2) is 42.5 Å². The fourth-order valence-electron chi connectivity index (χ4n) is 2.63. The van der Waals surface area contributed by atoms with Gasteiger partial charge in [0, 0.05) is 6.04 Å². The fraction of sp³-hybridized carbons (Fsp3) is 0.250. The van der Waals surface area contributed by atoms with Gasteiger partial charge in [0.1, 0.15) is 0 Å². The summed E-state index contributed by atoms with van der Waals surface area (Å²) < 4.78 is 0. The average Bonchev–Trinajstić information content (AvgIpc) is 2.75. The van der Waals surface area contributed by atoms with Crippen molar-refractivity contribution in [2.45, 2.75) is 25.8 Å². The first-order valence-corrected chi connectivity index (χ1v) is 6.26. The molecule has 0 amide bonds. The van der Waals surface area contributed by atoms with E-state index in [-0.39, 0.29) is 6.04 Å². The van der Waals surface area contributed by atoms with E-state index >= 15 is 0 Å². The van der Waals surface area contributed by atoms with Gasteiger partial charge in [-0.2, -0.15) is 0 Å². The second kappa shape index (κ2) is 4.01. The molecule has 2 N–H and O–H groups in total.